The first-order chi connectivity index (χ1) is 6.65. The number of halogens is 2. The number of nitrogens with one attached hydrogen (secondary N) is 1. The van der Waals surface area contributed by atoms with Crippen LogP contribution in [0.4, 0.5) is 4.39 Å². The predicted molar refractivity (Wildman–Crippen MR) is 59.6 cm³/mol. The van der Waals surface area contributed by atoms with Gasteiger partial charge in [-0.2, -0.15) is 0 Å². The first kappa shape index (κ1) is 11.6. The highest BCUT2D eigenvalue weighted by Crippen LogP contribution is 2.20. The third-order valence-corrected chi connectivity index (χ3v) is 2.65. The smallest absolute Gasteiger partial charge is 0.137 e. The van der Waals surface area contributed by atoms with Crippen molar-refractivity contribution in [1.82, 2.24) is 5.32 Å². The summed E-state index contributed by atoms with van der Waals surface area (Å²) in [5.74, 6) is -0.236. The van der Waals surface area contributed by atoms with Crippen molar-refractivity contribution in [2.45, 2.75) is 13.0 Å². The van der Waals surface area contributed by atoms with Crippen LogP contribution in [0.5, 0.6) is 0 Å². The molecule has 78 valence electrons. The largest absolute Gasteiger partial charge is 0.329 e. The molecule has 2 nitrogen and oxygen atoms in total. The van der Waals surface area contributed by atoms with Gasteiger partial charge in [-0.1, -0.05) is 6.07 Å². The summed E-state index contributed by atoms with van der Waals surface area (Å²) in [6.07, 6.45) is 0. The molecule has 14 heavy (non-hydrogen) atoms. The van der Waals surface area contributed by atoms with Crippen LogP contribution < -0.4 is 11.1 Å². The molecule has 0 aliphatic rings. The Morgan fingerprint density at radius 1 is 1.57 bits per heavy atom. The van der Waals surface area contributed by atoms with E-state index in [0.717, 1.165) is 12.1 Å². The maximum Gasteiger partial charge on any atom is 0.137 e. The van der Waals surface area contributed by atoms with Gasteiger partial charge in [-0.15, -0.1) is 0 Å². The highest BCUT2D eigenvalue weighted by atomic mass is 79.9. The third kappa shape index (κ3) is 3.04. The lowest BCUT2D eigenvalue weighted by Gasteiger charge is -2.13. The van der Waals surface area contributed by atoms with Gasteiger partial charge in [-0.05, 0) is 40.5 Å². The molecule has 1 aromatic rings. The molecular weight excluding hydrogens is 247 g/mol. The lowest BCUT2D eigenvalue weighted by molar-refractivity contribution is 0.576. The van der Waals surface area contributed by atoms with E-state index in [-0.39, 0.29) is 11.9 Å². The van der Waals surface area contributed by atoms with E-state index in [4.69, 9.17) is 5.73 Å². The molecule has 1 unspecified atom stereocenters. The highest BCUT2D eigenvalue weighted by molar-refractivity contribution is 9.10. The second-order valence-corrected chi connectivity index (χ2v) is 3.99. The Bertz CT molecular complexity index is 304. The predicted octanol–water partition coefficient (Wildman–Crippen LogP) is 2.20. The van der Waals surface area contributed by atoms with E-state index in [1.54, 1.807) is 12.1 Å². The SMILES string of the molecule is CC(NCCN)c1ccc(F)c(Br)c1. The Kier molecular flexibility index (Phi) is 4.51. The van der Waals surface area contributed by atoms with Crippen LogP contribution in [0.25, 0.3) is 0 Å². The number of hydrogen-bond acceptors (Lipinski definition) is 2. The molecule has 0 radical (unpaired) electrons. The second kappa shape index (κ2) is 5.44. The Hall–Kier alpha value is -0.450. The molecule has 0 heterocycles. The number of rotatable bonds is 4. The number of nitrogens with two attached hydrogens (primary N) is 1. The van der Waals surface area contributed by atoms with Crippen molar-refractivity contribution in [3.8, 4) is 0 Å². The van der Waals surface area contributed by atoms with Crippen LogP contribution in [0.3, 0.4) is 0 Å². The summed E-state index contributed by atoms with van der Waals surface area (Å²) in [6.45, 7) is 3.39. The van der Waals surface area contributed by atoms with E-state index >= 15 is 0 Å². The number of benzene rings is 1. The third-order valence-electron chi connectivity index (χ3n) is 2.04. The van der Waals surface area contributed by atoms with Crippen molar-refractivity contribution in [2.24, 2.45) is 5.73 Å². The Labute approximate surface area is 91.8 Å². The standard InChI is InChI=1S/C10H14BrFN2/c1-7(14-5-4-13)8-2-3-10(12)9(11)6-8/h2-3,6-7,14H,4-5,13H2,1H3. The molecule has 0 saturated carbocycles. The molecule has 1 atom stereocenters. The van der Waals surface area contributed by atoms with Gasteiger partial charge in [0.2, 0.25) is 0 Å². The minimum absolute atomic E-state index is 0.190. The van der Waals surface area contributed by atoms with E-state index in [2.05, 4.69) is 21.2 Å². The van der Waals surface area contributed by atoms with Gasteiger partial charge in [0, 0.05) is 19.1 Å². The molecule has 0 amide bonds. The fourth-order valence-corrected chi connectivity index (χ4v) is 1.60. The summed E-state index contributed by atoms with van der Waals surface area (Å²) in [5.41, 5.74) is 6.43. The summed E-state index contributed by atoms with van der Waals surface area (Å²) >= 11 is 3.16. The first-order valence-corrected chi connectivity index (χ1v) is 5.33. The molecule has 0 spiro atoms. The van der Waals surface area contributed by atoms with E-state index in [0.29, 0.717) is 11.0 Å². The van der Waals surface area contributed by atoms with Crippen molar-refractivity contribution < 1.29 is 4.39 Å². The molecule has 1 rings (SSSR count). The zero-order valence-electron chi connectivity index (χ0n) is 8.06. The Morgan fingerprint density at radius 2 is 2.29 bits per heavy atom. The highest BCUT2D eigenvalue weighted by Gasteiger charge is 2.06. The summed E-state index contributed by atoms with van der Waals surface area (Å²) in [5, 5.41) is 3.23. The van der Waals surface area contributed by atoms with Gasteiger partial charge in [-0.25, -0.2) is 4.39 Å². The summed E-state index contributed by atoms with van der Waals surface area (Å²) in [6, 6.07) is 5.20. The van der Waals surface area contributed by atoms with Gasteiger partial charge in [-0.3, -0.25) is 0 Å². The van der Waals surface area contributed by atoms with Crippen molar-refractivity contribution >= 4 is 15.9 Å². The maximum absolute atomic E-state index is 12.9. The average molecular weight is 261 g/mol. The van der Waals surface area contributed by atoms with Crippen LogP contribution in [0.2, 0.25) is 0 Å². The van der Waals surface area contributed by atoms with Crippen molar-refractivity contribution in [2.75, 3.05) is 13.1 Å². The Balaban J connectivity index is 2.70. The van der Waals surface area contributed by atoms with Crippen LogP contribution in [0.1, 0.15) is 18.5 Å². The fraction of sp³-hybridized carbons (Fsp3) is 0.400. The summed E-state index contributed by atoms with van der Waals surface area (Å²) < 4.78 is 13.4. The van der Waals surface area contributed by atoms with Gasteiger partial charge in [0.1, 0.15) is 5.82 Å². The lowest BCUT2D eigenvalue weighted by atomic mass is 10.1. The molecule has 0 aliphatic heterocycles. The molecule has 3 N–H and O–H groups in total. The fourth-order valence-electron chi connectivity index (χ4n) is 1.20. The number of hydrogen-bond donors (Lipinski definition) is 2. The monoisotopic (exact) mass is 260 g/mol. The molecule has 0 bridgehead atoms. The van der Waals surface area contributed by atoms with Crippen LogP contribution >= 0.6 is 15.9 Å². The van der Waals surface area contributed by atoms with Crippen molar-refractivity contribution in [3.05, 3.63) is 34.1 Å². The molecule has 0 fully saturated rings. The average Bonchev–Trinajstić information content (AvgIpc) is 2.18. The van der Waals surface area contributed by atoms with E-state index in [9.17, 15) is 4.39 Å². The van der Waals surface area contributed by atoms with Gasteiger partial charge in [0.15, 0.2) is 0 Å². The van der Waals surface area contributed by atoms with E-state index in [1.165, 1.54) is 6.07 Å². The lowest BCUT2D eigenvalue weighted by Crippen LogP contribution is -2.25. The van der Waals surface area contributed by atoms with Gasteiger partial charge < -0.3 is 11.1 Å². The van der Waals surface area contributed by atoms with Gasteiger partial charge >= 0.3 is 0 Å². The second-order valence-electron chi connectivity index (χ2n) is 3.14. The maximum atomic E-state index is 12.9. The first-order valence-electron chi connectivity index (χ1n) is 4.53. The topological polar surface area (TPSA) is 38.0 Å². The molecule has 1 aromatic carbocycles. The van der Waals surface area contributed by atoms with Crippen LogP contribution in [0.15, 0.2) is 22.7 Å². The zero-order chi connectivity index (χ0) is 10.6. The van der Waals surface area contributed by atoms with Crippen molar-refractivity contribution in [3.63, 3.8) is 0 Å². The molecule has 4 heteroatoms. The molecule has 0 saturated heterocycles. The molecule has 0 aromatic heterocycles. The summed E-state index contributed by atoms with van der Waals surface area (Å²) in [4.78, 5) is 0. The normalized spacial score (nSPS) is 12.9. The van der Waals surface area contributed by atoms with E-state index < -0.39 is 0 Å². The van der Waals surface area contributed by atoms with Crippen LogP contribution in [-0.2, 0) is 0 Å². The van der Waals surface area contributed by atoms with E-state index in [1.807, 2.05) is 6.92 Å². The summed E-state index contributed by atoms with van der Waals surface area (Å²) in [7, 11) is 0. The van der Waals surface area contributed by atoms with Crippen molar-refractivity contribution in [1.29, 1.82) is 0 Å². The van der Waals surface area contributed by atoms with Gasteiger partial charge in [0.25, 0.3) is 0 Å². The minimum atomic E-state index is -0.236. The quantitative estimate of drug-likeness (QED) is 0.872. The zero-order valence-corrected chi connectivity index (χ0v) is 9.64. The molecule has 0 aliphatic carbocycles. The van der Waals surface area contributed by atoms with Crippen LogP contribution in [-0.4, -0.2) is 13.1 Å². The van der Waals surface area contributed by atoms with Gasteiger partial charge in [0.05, 0.1) is 4.47 Å². The minimum Gasteiger partial charge on any atom is -0.329 e. The Morgan fingerprint density at radius 3 is 2.86 bits per heavy atom. The molecular formula is C10H14BrFN2. The van der Waals surface area contributed by atoms with Crippen LogP contribution in [0, 0.1) is 5.82 Å².